The molecule has 0 amide bonds. The molecule has 0 unspecified atom stereocenters. The maximum absolute atomic E-state index is 10.6. The molecule has 0 aromatic heterocycles. The third kappa shape index (κ3) is 6.58. The van der Waals surface area contributed by atoms with Crippen molar-refractivity contribution in [1.29, 1.82) is 0 Å². The van der Waals surface area contributed by atoms with Gasteiger partial charge in [0.2, 0.25) is 0 Å². The third-order valence-electron chi connectivity index (χ3n) is 3.85. The Balaban J connectivity index is 0.000000321. The zero-order valence-electron chi connectivity index (χ0n) is 14.6. The van der Waals surface area contributed by atoms with Gasteiger partial charge in [-0.3, -0.25) is 0 Å². The molecule has 2 aromatic rings. The molecule has 0 atom stereocenters. The lowest BCUT2D eigenvalue weighted by Gasteiger charge is -2.27. The number of carboxylic acid groups (broad SMARTS) is 1. The van der Waals surface area contributed by atoms with Crippen molar-refractivity contribution in [3.8, 4) is 16.9 Å². The van der Waals surface area contributed by atoms with Crippen LogP contribution in [-0.4, -0.2) is 43.6 Å². The lowest BCUT2D eigenvalue weighted by molar-refractivity contribution is -0.192. The molecule has 1 fully saturated rings. The molecule has 2 N–H and O–H groups in total. The summed E-state index contributed by atoms with van der Waals surface area (Å²) >= 11 is 0. The molecular weight excluding hydrogens is 363 g/mol. The maximum atomic E-state index is 10.6. The highest BCUT2D eigenvalue weighted by Gasteiger charge is 2.38. The van der Waals surface area contributed by atoms with E-state index in [-0.39, 0.29) is 0 Å². The fourth-order valence-corrected chi connectivity index (χ4v) is 2.17. The molecule has 5 nitrogen and oxygen atoms in total. The molecule has 0 bridgehead atoms. The van der Waals surface area contributed by atoms with Gasteiger partial charge >= 0.3 is 12.1 Å². The summed E-state index contributed by atoms with van der Waals surface area (Å²) in [6.45, 7) is 2.64. The van der Waals surface area contributed by atoms with Crippen molar-refractivity contribution in [3.05, 3.63) is 54.1 Å². The zero-order chi connectivity index (χ0) is 19.9. The van der Waals surface area contributed by atoms with Gasteiger partial charge in [-0.05, 0) is 28.8 Å². The van der Waals surface area contributed by atoms with E-state index in [1.165, 1.54) is 16.7 Å². The number of carboxylic acids is 1. The summed E-state index contributed by atoms with van der Waals surface area (Å²) in [7, 11) is 1.68. The summed E-state index contributed by atoms with van der Waals surface area (Å²) in [4.78, 5) is 8.90. The Bertz CT molecular complexity index is 726. The minimum atomic E-state index is -5.08. The van der Waals surface area contributed by atoms with Crippen LogP contribution in [0.5, 0.6) is 5.75 Å². The molecule has 27 heavy (non-hydrogen) atoms. The largest absolute Gasteiger partial charge is 0.497 e. The third-order valence-corrected chi connectivity index (χ3v) is 3.85. The first kappa shape index (κ1) is 20.7. The second-order valence-corrected chi connectivity index (χ2v) is 5.82. The van der Waals surface area contributed by atoms with Gasteiger partial charge in [0.25, 0.3) is 0 Å². The van der Waals surface area contributed by atoms with Crippen molar-refractivity contribution >= 4 is 5.97 Å². The van der Waals surface area contributed by atoms with Gasteiger partial charge in [0.05, 0.1) is 19.8 Å². The number of alkyl halides is 3. The van der Waals surface area contributed by atoms with Crippen LogP contribution >= 0.6 is 0 Å². The standard InChI is InChI=1S/C17H19NO2.C2HF3O2/c1-19-16-8-6-15(7-9-16)14-4-2-13(3-5-14)12-20-17-10-18-11-17;3-2(4,5)1(6)7/h2-9,17-18H,10-12H2,1H3;(H,6,7). The summed E-state index contributed by atoms with van der Waals surface area (Å²) in [5.74, 6) is -1.87. The second-order valence-electron chi connectivity index (χ2n) is 5.82. The Morgan fingerprint density at radius 2 is 1.56 bits per heavy atom. The Kier molecular flexibility index (Phi) is 7.20. The number of carbonyl (C=O) groups is 1. The van der Waals surface area contributed by atoms with E-state index in [0.29, 0.717) is 12.7 Å². The number of hydrogen-bond acceptors (Lipinski definition) is 4. The van der Waals surface area contributed by atoms with Crippen molar-refractivity contribution < 1.29 is 32.5 Å². The fraction of sp³-hybridized carbons (Fsp3) is 0.316. The Labute approximate surface area is 154 Å². The topological polar surface area (TPSA) is 67.8 Å². The molecule has 8 heteroatoms. The SMILES string of the molecule is COc1ccc(-c2ccc(COC3CNC3)cc2)cc1.O=C(O)C(F)(F)F. The number of rotatable bonds is 5. The fourth-order valence-electron chi connectivity index (χ4n) is 2.17. The second kappa shape index (κ2) is 9.38. The van der Waals surface area contributed by atoms with Crippen molar-refractivity contribution in [2.24, 2.45) is 0 Å². The number of aliphatic carboxylic acids is 1. The van der Waals surface area contributed by atoms with Crippen LogP contribution in [0.1, 0.15) is 5.56 Å². The van der Waals surface area contributed by atoms with E-state index >= 15 is 0 Å². The molecule has 0 saturated carbocycles. The normalized spacial score (nSPS) is 13.9. The Morgan fingerprint density at radius 1 is 1.07 bits per heavy atom. The lowest BCUT2D eigenvalue weighted by Crippen LogP contribution is -2.48. The average molecular weight is 383 g/mol. The van der Waals surface area contributed by atoms with Crippen LogP contribution in [0.25, 0.3) is 11.1 Å². The molecule has 2 aromatic carbocycles. The van der Waals surface area contributed by atoms with Crippen LogP contribution in [-0.2, 0) is 16.1 Å². The quantitative estimate of drug-likeness (QED) is 0.828. The van der Waals surface area contributed by atoms with Gasteiger partial charge in [-0.2, -0.15) is 13.2 Å². The van der Waals surface area contributed by atoms with Crippen molar-refractivity contribution in [2.75, 3.05) is 20.2 Å². The Hall–Kier alpha value is -2.58. The van der Waals surface area contributed by atoms with E-state index in [9.17, 15) is 13.2 Å². The smallest absolute Gasteiger partial charge is 0.490 e. The van der Waals surface area contributed by atoms with Crippen LogP contribution < -0.4 is 10.1 Å². The molecule has 1 saturated heterocycles. The van der Waals surface area contributed by atoms with Gasteiger partial charge in [-0.1, -0.05) is 36.4 Å². The van der Waals surface area contributed by atoms with Gasteiger partial charge in [-0.25, -0.2) is 4.79 Å². The number of hydrogen-bond donors (Lipinski definition) is 2. The molecule has 1 aliphatic rings. The molecule has 3 rings (SSSR count). The van der Waals surface area contributed by atoms with Crippen LogP contribution in [0.2, 0.25) is 0 Å². The Morgan fingerprint density at radius 3 is 1.93 bits per heavy atom. The van der Waals surface area contributed by atoms with E-state index in [1.807, 2.05) is 12.1 Å². The van der Waals surface area contributed by atoms with E-state index in [2.05, 4.69) is 41.7 Å². The highest BCUT2D eigenvalue weighted by molar-refractivity contribution is 5.73. The van der Waals surface area contributed by atoms with Crippen molar-refractivity contribution in [3.63, 3.8) is 0 Å². The van der Waals surface area contributed by atoms with Crippen LogP contribution in [0.15, 0.2) is 48.5 Å². The first-order valence-corrected chi connectivity index (χ1v) is 8.15. The highest BCUT2D eigenvalue weighted by Crippen LogP contribution is 2.23. The van der Waals surface area contributed by atoms with Crippen molar-refractivity contribution in [1.82, 2.24) is 5.32 Å². The van der Waals surface area contributed by atoms with Crippen molar-refractivity contribution in [2.45, 2.75) is 18.9 Å². The zero-order valence-corrected chi connectivity index (χ0v) is 14.6. The molecule has 146 valence electrons. The number of ether oxygens (including phenoxy) is 2. The molecular formula is C19H20F3NO4. The predicted molar refractivity (Wildman–Crippen MR) is 93.6 cm³/mol. The number of nitrogens with one attached hydrogen (secondary N) is 1. The van der Waals surface area contributed by atoms with Gasteiger partial charge in [0.1, 0.15) is 5.75 Å². The van der Waals surface area contributed by atoms with E-state index in [0.717, 1.165) is 18.8 Å². The van der Waals surface area contributed by atoms with Gasteiger partial charge in [0.15, 0.2) is 0 Å². The number of benzene rings is 2. The summed E-state index contributed by atoms with van der Waals surface area (Å²) in [6.07, 6.45) is -4.70. The molecule has 1 aliphatic heterocycles. The molecule has 0 spiro atoms. The predicted octanol–water partition coefficient (Wildman–Crippen LogP) is 3.48. The van der Waals surface area contributed by atoms with Crippen LogP contribution in [0.4, 0.5) is 13.2 Å². The highest BCUT2D eigenvalue weighted by atomic mass is 19.4. The summed E-state index contributed by atoms with van der Waals surface area (Å²) in [5, 5.41) is 10.3. The summed E-state index contributed by atoms with van der Waals surface area (Å²) in [5.41, 5.74) is 3.62. The first-order chi connectivity index (χ1) is 12.8. The lowest BCUT2D eigenvalue weighted by atomic mass is 10.0. The maximum Gasteiger partial charge on any atom is 0.490 e. The van der Waals surface area contributed by atoms with Gasteiger partial charge < -0.3 is 19.9 Å². The van der Waals surface area contributed by atoms with Gasteiger partial charge in [-0.15, -0.1) is 0 Å². The summed E-state index contributed by atoms with van der Waals surface area (Å²) < 4.78 is 42.7. The number of halogens is 3. The average Bonchev–Trinajstić information content (AvgIpc) is 2.61. The van der Waals surface area contributed by atoms with Crippen LogP contribution in [0, 0.1) is 0 Å². The monoisotopic (exact) mass is 383 g/mol. The first-order valence-electron chi connectivity index (χ1n) is 8.15. The molecule has 0 aliphatic carbocycles. The minimum absolute atomic E-state index is 0.385. The van der Waals surface area contributed by atoms with E-state index < -0.39 is 12.1 Å². The van der Waals surface area contributed by atoms with Crippen LogP contribution in [0.3, 0.4) is 0 Å². The van der Waals surface area contributed by atoms with E-state index in [4.69, 9.17) is 19.4 Å². The molecule has 1 heterocycles. The van der Waals surface area contributed by atoms with E-state index in [1.54, 1.807) is 7.11 Å². The summed E-state index contributed by atoms with van der Waals surface area (Å²) in [6, 6.07) is 16.6. The minimum Gasteiger partial charge on any atom is -0.497 e. The number of methoxy groups -OCH3 is 1. The molecule has 0 radical (unpaired) electrons. The van der Waals surface area contributed by atoms with Gasteiger partial charge in [0, 0.05) is 13.1 Å².